The van der Waals surface area contributed by atoms with Crippen molar-refractivity contribution in [2.45, 2.75) is 44.8 Å². The van der Waals surface area contributed by atoms with Crippen LogP contribution >= 0.6 is 0 Å². The minimum atomic E-state index is 0.216. The zero-order valence-electron chi connectivity index (χ0n) is 7.55. The molecular weight excluding hydrogens is 138 g/mol. The van der Waals surface area contributed by atoms with Crippen molar-refractivity contribution < 1.29 is 4.74 Å². The summed E-state index contributed by atoms with van der Waals surface area (Å²) in [6.07, 6.45) is 5.49. The van der Waals surface area contributed by atoms with Gasteiger partial charge >= 0.3 is 0 Å². The van der Waals surface area contributed by atoms with E-state index in [9.17, 15) is 0 Å². The molecule has 2 atom stereocenters. The van der Waals surface area contributed by atoms with Gasteiger partial charge < -0.3 is 10.5 Å². The third kappa shape index (κ3) is 3.21. The largest absolute Gasteiger partial charge is 0.380 e. The smallest absolute Gasteiger partial charge is 0.0694 e. The predicted molar refractivity (Wildman–Crippen MR) is 46.4 cm³/mol. The van der Waals surface area contributed by atoms with E-state index in [1.54, 1.807) is 7.11 Å². The molecule has 0 saturated heterocycles. The van der Waals surface area contributed by atoms with Crippen molar-refractivity contribution in [2.24, 2.45) is 11.7 Å². The van der Waals surface area contributed by atoms with E-state index in [4.69, 9.17) is 10.5 Å². The highest BCUT2D eigenvalue weighted by Gasteiger charge is 2.22. The van der Waals surface area contributed by atoms with Gasteiger partial charge in [0.1, 0.15) is 0 Å². The van der Waals surface area contributed by atoms with E-state index in [2.05, 4.69) is 0 Å². The lowest BCUT2D eigenvalue weighted by Gasteiger charge is -2.17. The second-order valence-corrected chi connectivity index (χ2v) is 3.63. The molecular formula is C9H19NO. The molecule has 1 aliphatic rings. The Morgan fingerprint density at radius 1 is 1.55 bits per heavy atom. The first-order valence-electron chi connectivity index (χ1n) is 4.52. The Labute approximate surface area is 69.1 Å². The van der Waals surface area contributed by atoms with Crippen LogP contribution in [0.1, 0.15) is 32.6 Å². The van der Waals surface area contributed by atoms with Crippen LogP contribution < -0.4 is 5.73 Å². The molecule has 0 aromatic heterocycles. The highest BCUT2D eigenvalue weighted by molar-refractivity contribution is 4.77. The first-order valence-corrected chi connectivity index (χ1v) is 4.52. The van der Waals surface area contributed by atoms with E-state index >= 15 is 0 Å². The number of ether oxygens (including phenoxy) is 1. The standard InChI is InChI=1S/C9H19NO/c1-7(11-2)9(10)6-5-8-3-4-8/h7-9H,3-6,10H2,1-2H3. The fourth-order valence-corrected chi connectivity index (χ4v) is 1.24. The lowest BCUT2D eigenvalue weighted by molar-refractivity contribution is 0.0918. The van der Waals surface area contributed by atoms with Gasteiger partial charge in [0, 0.05) is 13.2 Å². The lowest BCUT2D eigenvalue weighted by atomic mass is 10.1. The van der Waals surface area contributed by atoms with Gasteiger partial charge in [-0.15, -0.1) is 0 Å². The Morgan fingerprint density at radius 2 is 2.18 bits per heavy atom. The third-order valence-corrected chi connectivity index (χ3v) is 2.58. The van der Waals surface area contributed by atoms with Gasteiger partial charge in [0.25, 0.3) is 0 Å². The number of rotatable bonds is 5. The molecule has 0 aliphatic heterocycles. The molecule has 1 aliphatic carbocycles. The van der Waals surface area contributed by atoms with Crippen molar-refractivity contribution >= 4 is 0 Å². The van der Waals surface area contributed by atoms with Crippen LogP contribution in [0, 0.1) is 5.92 Å². The molecule has 2 N–H and O–H groups in total. The SMILES string of the molecule is COC(C)C(N)CCC1CC1. The third-order valence-electron chi connectivity index (χ3n) is 2.58. The minimum Gasteiger partial charge on any atom is -0.380 e. The van der Waals surface area contributed by atoms with E-state index in [0.717, 1.165) is 12.3 Å². The lowest BCUT2D eigenvalue weighted by Crippen LogP contribution is -2.33. The molecule has 2 unspecified atom stereocenters. The molecule has 2 heteroatoms. The summed E-state index contributed by atoms with van der Waals surface area (Å²) in [4.78, 5) is 0. The maximum Gasteiger partial charge on any atom is 0.0694 e. The van der Waals surface area contributed by atoms with Gasteiger partial charge in [0.2, 0.25) is 0 Å². The van der Waals surface area contributed by atoms with Crippen LogP contribution in [0.5, 0.6) is 0 Å². The summed E-state index contributed by atoms with van der Waals surface area (Å²) in [5, 5.41) is 0. The van der Waals surface area contributed by atoms with Gasteiger partial charge in [-0.25, -0.2) is 0 Å². The number of methoxy groups -OCH3 is 1. The molecule has 0 amide bonds. The summed E-state index contributed by atoms with van der Waals surface area (Å²) >= 11 is 0. The maximum absolute atomic E-state index is 5.88. The number of hydrogen-bond donors (Lipinski definition) is 1. The minimum absolute atomic E-state index is 0.216. The highest BCUT2D eigenvalue weighted by Crippen LogP contribution is 2.33. The Bertz CT molecular complexity index is 112. The fraction of sp³-hybridized carbons (Fsp3) is 1.00. The Hall–Kier alpha value is -0.0800. The van der Waals surface area contributed by atoms with Crippen LogP contribution in [0.25, 0.3) is 0 Å². The molecule has 1 fully saturated rings. The van der Waals surface area contributed by atoms with Gasteiger partial charge in [-0.1, -0.05) is 12.8 Å². The quantitative estimate of drug-likeness (QED) is 0.657. The van der Waals surface area contributed by atoms with Crippen molar-refractivity contribution in [1.82, 2.24) is 0 Å². The summed E-state index contributed by atoms with van der Waals surface area (Å²) in [5.41, 5.74) is 5.88. The first-order chi connectivity index (χ1) is 5.24. The molecule has 2 nitrogen and oxygen atoms in total. The summed E-state index contributed by atoms with van der Waals surface area (Å²) in [6, 6.07) is 0.237. The second kappa shape index (κ2) is 4.07. The fourth-order valence-electron chi connectivity index (χ4n) is 1.24. The van der Waals surface area contributed by atoms with Crippen molar-refractivity contribution in [2.75, 3.05) is 7.11 Å². The van der Waals surface area contributed by atoms with Crippen LogP contribution in [-0.2, 0) is 4.74 Å². The molecule has 0 aromatic carbocycles. The molecule has 1 rings (SSSR count). The average molecular weight is 157 g/mol. The maximum atomic E-state index is 5.88. The van der Waals surface area contributed by atoms with Crippen molar-refractivity contribution in [3.05, 3.63) is 0 Å². The topological polar surface area (TPSA) is 35.2 Å². The first kappa shape index (κ1) is 9.01. The van der Waals surface area contributed by atoms with Crippen molar-refractivity contribution in [3.8, 4) is 0 Å². The molecule has 0 aromatic rings. The highest BCUT2D eigenvalue weighted by atomic mass is 16.5. The summed E-state index contributed by atoms with van der Waals surface area (Å²) in [6.45, 7) is 2.04. The van der Waals surface area contributed by atoms with Crippen molar-refractivity contribution in [3.63, 3.8) is 0 Å². The molecule has 1 saturated carbocycles. The van der Waals surface area contributed by atoms with Crippen LogP contribution in [0.3, 0.4) is 0 Å². The molecule has 0 radical (unpaired) electrons. The molecule has 0 spiro atoms. The zero-order chi connectivity index (χ0) is 8.27. The van der Waals surface area contributed by atoms with Crippen molar-refractivity contribution in [1.29, 1.82) is 0 Å². The van der Waals surface area contributed by atoms with Gasteiger partial charge in [0.15, 0.2) is 0 Å². The van der Waals surface area contributed by atoms with E-state index in [0.29, 0.717) is 0 Å². The summed E-state index contributed by atoms with van der Waals surface area (Å²) < 4.78 is 5.14. The Morgan fingerprint density at radius 3 is 2.64 bits per heavy atom. The van der Waals surface area contributed by atoms with Crippen LogP contribution in [0.2, 0.25) is 0 Å². The second-order valence-electron chi connectivity index (χ2n) is 3.63. The normalized spacial score (nSPS) is 23.2. The number of hydrogen-bond acceptors (Lipinski definition) is 2. The Kier molecular flexibility index (Phi) is 3.34. The average Bonchev–Trinajstić information content (AvgIpc) is 2.81. The molecule has 11 heavy (non-hydrogen) atoms. The number of nitrogens with two attached hydrogens (primary N) is 1. The van der Waals surface area contributed by atoms with E-state index < -0.39 is 0 Å². The van der Waals surface area contributed by atoms with E-state index in [1.807, 2.05) is 6.92 Å². The van der Waals surface area contributed by atoms with Gasteiger partial charge in [-0.2, -0.15) is 0 Å². The Balaban J connectivity index is 2.03. The summed E-state index contributed by atoms with van der Waals surface area (Å²) in [5.74, 6) is 0.991. The molecule has 0 bridgehead atoms. The van der Waals surface area contributed by atoms with E-state index in [1.165, 1.54) is 19.3 Å². The molecule has 0 heterocycles. The van der Waals surface area contributed by atoms with Gasteiger partial charge in [-0.05, 0) is 25.7 Å². The van der Waals surface area contributed by atoms with E-state index in [-0.39, 0.29) is 12.1 Å². The zero-order valence-corrected chi connectivity index (χ0v) is 7.55. The van der Waals surface area contributed by atoms with Crippen LogP contribution in [0.4, 0.5) is 0 Å². The van der Waals surface area contributed by atoms with Gasteiger partial charge in [-0.3, -0.25) is 0 Å². The van der Waals surface area contributed by atoms with Crippen LogP contribution in [-0.4, -0.2) is 19.3 Å². The predicted octanol–water partition coefficient (Wildman–Crippen LogP) is 1.54. The summed E-state index contributed by atoms with van der Waals surface area (Å²) in [7, 11) is 1.72. The van der Waals surface area contributed by atoms with Gasteiger partial charge in [0.05, 0.1) is 6.10 Å². The van der Waals surface area contributed by atoms with Crippen LogP contribution in [0.15, 0.2) is 0 Å². The molecule has 66 valence electrons. The monoisotopic (exact) mass is 157 g/mol.